The van der Waals surface area contributed by atoms with E-state index in [1.165, 1.54) is 27.1 Å². The Hall–Kier alpha value is -7.17. The number of aromatic nitrogens is 4. The number of aryl methyl sites for hydroxylation is 1. The van der Waals surface area contributed by atoms with Crippen molar-refractivity contribution in [3.05, 3.63) is 194 Å². The Balaban J connectivity index is 1.25. The first-order chi connectivity index (χ1) is 27.2. The monoisotopic (exact) mass is 704 g/mol. The maximum Gasteiger partial charge on any atom is 0.160 e. The van der Waals surface area contributed by atoms with Crippen LogP contribution >= 0.6 is 0 Å². The fraction of sp³-hybridized carbons (Fsp3) is 0.0392. The molecule has 0 saturated heterocycles. The zero-order chi connectivity index (χ0) is 36.7. The van der Waals surface area contributed by atoms with Crippen molar-refractivity contribution in [2.75, 3.05) is 0 Å². The number of benzene rings is 8. The highest BCUT2D eigenvalue weighted by atomic mass is 15.1. The molecule has 0 bridgehead atoms. The minimum atomic E-state index is 0.664. The molecule has 0 aliphatic heterocycles. The van der Waals surface area contributed by atoms with Gasteiger partial charge < -0.3 is 0 Å². The number of fused-ring (bicyclic) bond motifs is 4. The summed E-state index contributed by atoms with van der Waals surface area (Å²) in [6.07, 6.45) is 0.787. The maximum atomic E-state index is 5.37. The van der Waals surface area contributed by atoms with Crippen LogP contribution in [0.1, 0.15) is 12.7 Å². The Bertz CT molecular complexity index is 3020. The normalized spacial score (nSPS) is 11.4. The van der Waals surface area contributed by atoms with Gasteiger partial charge in [0.05, 0.1) is 22.4 Å². The molecule has 0 N–H and O–H groups in total. The van der Waals surface area contributed by atoms with Crippen LogP contribution in [0.4, 0.5) is 0 Å². The van der Waals surface area contributed by atoms with Gasteiger partial charge >= 0.3 is 0 Å². The third-order valence-corrected chi connectivity index (χ3v) is 10.5. The van der Waals surface area contributed by atoms with Crippen LogP contribution in [0.3, 0.4) is 0 Å². The molecule has 55 heavy (non-hydrogen) atoms. The largest absolute Gasteiger partial charge is 0.296 e. The number of hydrogen-bond donors (Lipinski definition) is 0. The lowest BCUT2D eigenvalue weighted by Crippen LogP contribution is -2.02. The van der Waals surface area contributed by atoms with Gasteiger partial charge in [-0.3, -0.25) is 4.57 Å². The van der Waals surface area contributed by atoms with E-state index in [-0.39, 0.29) is 0 Å². The van der Waals surface area contributed by atoms with Crippen LogP contribution < -0.4 is 0 Å². The molecule has 0 aliphatic carbocycles. The van der Waals surface area contributed by atoms with Crippen LogP contribution in [0.2, 0.25) is 0 Å². The summed E-state index contributed by atoms with van der Waals surface area (Å²) in [6, 6.07) is 66.5. The molecule has 2 heterocycles. The van der Waals surface area contributed by atoms with Crippen LogP contribution in [0.25, 0.3) is 94.4 Å². The van der Waals surface area contributed by atoms with E-state index in [2.05, 4.69) is 193 Å². The third-order valence-electron chi connectivity index (χ3n) is 10.5. The van der Waals surface area contributed by atoms with Crippen LogP contribution in [0.15, 0.2) is 188 Å². The lowest BCUT2D eigenvalue weighted by atomic mass is 9.92. The molecule has 10 rings (SSSR count). The van der Waals surface area contributed by atoms with Crippen LogP contribution in [0.5, 0.6) is 0 Å². The standard InChI is InChI=1S/C51H36N4/c1-2-50-52-46-26-13-14-27-49(46)55(50)41-30-39(45-32-37-20-9-10-23-42(37)43-24-11-12-25-44(43)45)29-40(31-41)51-53-47(35-18-7-4-8-19-35)33-48(54-51)38-22-15-21-36(28-38)34-16-5-3-6-17-34/h3-33H,2H2,1H3. The van der Waals surface area contributed by atoms with Gasteiger partial charge in [0, 0.05) is 28.8 Å². The lowest BCUT2D eigenvalue weighted by molar-refractivity contribution is 0.908. The van der Waals surface area contributed by atoms with Crippen molar-refractivity contribution in [3.63, 3.8) is 0 Å². The van der Waals surface area contributed by atoms with Crippen molar-refractivity contribution < 1.29 is 0 Å². The van der Waals surface area contributed by atoms with Crippen molar-refractivity contribution in [3.8, 4) is 61.8 Å². The zero-order valence-corrected chi connectivity index (χ0v) is 30.4. The summed E-state index contributed by atoms with van der Waals surface area (Å²) >= 11 is 0. The average Bonchev–Trinajstić information content (AvgIpc) is 3.65. The van der Waals surface area contributed by atoms with Crippen LogP contribution in [-0.4, -0.2) is 19.5 Å². The molecule has 0 atom stereocenters. The zero-order valence-electron chi connectivity index (χ0n) is 30.4. The minimum Gasteiger partial charge on any atom is -0.296 e. The second-order valence-corrected chi connectivity index (χ2v) is 13.9. The van der Waals surface area contributed by atoms with Gasteiger partial charge in [-0.05, 0) is 92.3 Å². The first-order valence-corrected chi connectivity index (χ1v) is 18.8. The quantitative estimate of drug-likeness (QED) is 0.155. The summed E-state index contributed by atoms with van der Waals surface area (Å²) in [7, 11) is 0. The topological polar surface area (TPSA) is 43.6 Å². The maximum absolute atomic E-state index is 5.37. The molecule has 0 radical (unpaired) electrons. The fourth-order valence-corrected chi connectivity index (χ4v) is 7.89. The van der Waals surface area contributed by atoms with E-state index in [1.807, 2.05) is 6.07 Å². The summed E-state index contributed by atoms with van der Waals surface area (Å²) in [5.41, 5.74) is 12.4. The molecular weight excluding hydrogens is 669 g/mol. The molecule has 10 aromatic rings. The van der Waals surface area contributed by atoms with Gasteiger partial charge in [-0.2, -0.15) is 0 Å². The van der Waals surface area contributed by atoms with E-state index in [9.17, 15) is 0 Å². The Morgan fingerprint density at radius 1 is 0.418 bits per heavy atom. The lowest BCUT2D eigenvalue weighted by Gasteiger charge is -2.17. The summed E-state index contributed by atoms with van der Waals surface area (Å²) in [5.74, 6) is 1.67. The number of imidazole rings is 1. The molecule has 4 heteroatoms. The van der Waals surface area contributed by atoms with Crippen molar-refractivity contribution in [2.45, 2.75) is 13.3 Å². The van der Waals surface area contributed by atoms with Crippen LogP contribution in [0, 0.1) is 0 Å². The van der Waals surface area contributed by atoms with Crippen molar-refractivity contribution in [2.24, 2.45) is 0 Å². The second-order valence-electron chi connectivity index (χ2n) is 13.9. The molecule has 0 fully saturated rings. The predicted molar refractivity (Wildman–Crippen MR) is 228 cm³/mol. The minimum absolute atomic E-state index is 0.664. The van der Waals surface area contributed by atoms with Gasteiger partial charge in [-0.15, -0.1) is 0 Å². The molecule has 0 saturated carbocycles. The van der Waals surface area contributed by atoms with Gasteiger partial charge in [0.25, 0.3) is 0 Å². The average molecular weight is 705 g/mol. The summed E-state index contributed by atoms with van der Waals surface area (Å²) in [5, 5.41) is 4.88. The molecule has 0 spiro atoms. The summed E-state index contributed by atoms with van der Waals surface area (Å²) in [6.45, 7) is 2.17. The van der Waals surface area contributed by atoms with Crippen molar-refractivity contribution in [1.82, 2.24) is 19.5 Å². The van der Waals surface area contributed by atoms with Crippen molar-refractivity contribution >= 4 is 32.6 Å². The highest BCUT2D eigenvalue weighted by Crippen LogP contribution is 2.39. The molecular formula is C51H36N4. The Morgan fingerprint density at radius 2 is 1.02 bits per heavy atom. The molecule has 0 amide bonds. The highest BCUT2D eigenvalue weighted by molar-refractivity contribution is 6.14. The van der Waals surface area contributed by atoms with Crippen molar-refractivity contribution in [1.29, 1.82) is 0 Å². The van der Waals surface area contributed by atoms with E-state index < -0.39 is 0 Å². The first-order valence-electron chi connectivity index (χ1n) is 18.8. The Kier molecular flexibility index (Phi) is 8.07. The van der Waals surface area contributed by atoms with Gasteiger partial charge in [-0.1, -0.05) is 146 Å². The fourth-order valence-electron chi connectivity index (χ4n) is 7.89. The van der Waals surface area contributed by atoms with E-state index in [4.69, 9.17) is 15.0 Å². The predicted octanol–water partition coefficient (Wildman–Crippen LogP) is 13.0. The molecule has 260 valence electrons. The van der Waals surface area contributed by atoms with Gasteiger partial charge in [-0.25, -0.2) is 15.0 Å². The summed E-state index contributed by atoms with van der Waals surface area (Å²) in [4.78, 5) is 15.8. The number of rotatable bonds is 7. The number of nitrogens with zero attached hydrogens (tertiary/aromatic N) is 4. The Labute approximate surface area is 320 Å². The van der Waals surface area contributed by atoms with E-state index in [0.29, 0.717) is 5.82 Å². The molecule has 0 aliphatic rings. The molecule has 4 nitrogen and oxygen atoms in total. The van der Waals surface area contributed by atoms with Gasteiger partial charge in [0.1, 0.15) is 5.82 Å². The van der Waals surface area contributed by atoms with E-state index in [1.54, 1.807) is 0 Å². The SMILES string of the molecule is CCc1nc2ccccc2n1-c1cc(-c2nc(-c3ccccc3)cc(-c3cccc(-c4ccccc4)c3)n2)cc(-c2cc3ccccc3c3ccccc23)c1. The van der Waals surface area contributed by atoms with E-state index in [0.717, 1.165) is 73.7 Å². The molecule has 0 unspecified atom stereocenters. The van der Waals surface area contributed by atoms with Gasteiger partial charge in [0.2, 0.25) is 0 Å². The molecule has 8 aromatic carbocycles. The number of hydrogen-bond acceptors (Lipinski definition) is 3. The second kappa shape index (κ2) is 13.7. The third kappa shape index (κ3) is 5.94. The summed E-state index contributed by atoms with van der Waals surface area (Å²) < 4.78 is 2.30. The number of para-hydroxylation sites is 2. The highest BCUT2D eigenvalue weighted by Gasteiger charge is 2.18. The molecule has 2 aromatic heterocycles. The Morgan fingerprint density at radius 3 is 1.82 bits per heavy atom. The smallest absolute Gasteiger partial charge is 0.160 e. The van der Waals surface area contributed by atoms with E-state index >= 15 is 0 Å². The van der Waals surface area contributed by atoms with Crippen LogP contribution in [-0.2, 0) is 6.42 Å². The van der Waals surface area contributed by atoms with Gasteiger partial charge in [0.15, 0.2) is 5.82 Å². The first kappa shape index (κ1) is 32.5.